The van der Waals surface area contributed by atoms with Crippen LogP contribution in [0.2, 0.25) is 0 Å². The van der Waals surface area contributed by atoms with Crippen molar-refractivity contribution < 1.29 is 21.1 Å². The van der Waals surface area contributed by atoms with Crippen molar-refractivity contribution >= 4 is 0 Å². The topological polar surface area (TPSA) is 25.8 Å². The first-order valence-corrected chi connectivity index (χ1v) is 5.46. The molecule has 0 unspecified atom stereocenters. The predicted molar refractivity (Wildman–Crippen MR) is 69.6 cm³/mol. The zero-order chi connectivity index (χ0) is 11.4. The van der Waals surface area contributed by atoms with Crippen molar-refractivity contribution in [1.29, 1.82) is 0 Å². The van der Waals surface area contributed by atoms with E-state index < -0.39 is 0 Å². The van der Waals surface area contributed by atoms with Crippen LogP contribution in [0.4, 0.5) is 0 Å². The Kier molecular flexibility index (Phi) is 31.4. The molecular weight excluding hydrogens is 368 g/mol. The third-order valence-electron chi connectivity index (χ3n) is 1.39. The van der Waals surface area contributed by atoms with E-state index in [1.807, 2.05) is 40.1 Å². The minimum Gasteiger partial charge on any atom is -0.358 e. The van der Waals surface area contributed by atoms with Gasteiger partial charge in [0, 0.05) is 12.4 Å². The third kappa shape index (κ3) is 11.8. The quantitative estimate of drug-likeness (QED) is 0.711. The van der Waals surface area contributed by atoms with Crippen LogP contribution in [-0.4, -0.2) is 9.97 Å². The fraction of sp³-hybridized carbons (Fsp3) is 0.538. The monoisotopic (exact) mass is 394 g/mol. The van der Waals surface area contributed by atoms with Crippen molar-refractivity contribution in [3.63, 3.8) is 0 Å². The Balaban J connectivity index is -0.000000109. The first-order valence-electron chi connectivity index (χ1n) is 5.46. The van der Waals surface area contributed by atoms with Crippen molar-refractivity contribution in [2.24, 2.45) is 0 Å². The molecule has 94 valence electrons. The molecule has 1 aromatic rings. The van der Waals surface area contributed by atoms with E-state index in [4.69, 9.17) is 0 Å². The van der Waals surface area contributed by atoms with Crippen molar-refractivity contribution in [1.82, 2.24) is 9.97 Å². The molecule has 1 rings (SSSR count). The molecule has 1 heterocycles. The van der Waals surface area contributed by atoms with Crippen LogP contribution in [0.15, 0.2) is 12.4 Å². The minimum absolute atomic E-state index is 0. The molecule has 0 fully saturated rings. The number of rotatable bonds is 2. The number of hydrogen-bond acceptors (Lipinski definition) is 2. The second kappa shape index (κ2) is 20.2. The van der Waals surface area contributed by atoms with Gasteiger partial charge in [0.2, 0.25) is 0 Å². The molecule has 1 aromatic heterocycles. The van der Waals surface area contributed by atoms with Gasteiger partial charge >= 0.3 is 21.1 Å². The van der Waals surface area contributed by atoms with Crippen LogP contribution in [0.1, 0.15) is 46.0 Å². The maximum absolute atomic E-state index is 4.09. The normalized spacial score (nSPS) is 6.88. The van der Waals surface area contributed by atoms with Crippen LogP contribution in [-0.2, 0) is 33.9 Å². The fourth-order valence-corrected chi connectivity index (χ4v) is 0.693. The Morgan fingerprint density at radius 1 is 1.06 bits per heavy atom. The summed E-state index contributed by atoms with van der Waals surface area (Å²) in [5, 5.41) is 0. The van der Waals surface area contributed by atoms with Gasteiger partial charge in [-0.15, -0.1) is 6.42 Å². The summed E-state index contributed by atoms with van der Waals surface area (Å²) in [6.07, 6.45) is 5.38. The van der Waals surface area contributed by atoms with Crippen LogP contribution in [0.5, 0.6) is 0 Å². The maximum atomic E-state index is 4.09. The summed E-state index contributed by atoms with van der Waals surface area (Å²) in [7, 11) is 0. The summed E-state index contributed by atoms with van der Waals surface area (Å²) in [5.41, 5.74) is 1.18. The molecule has 0 aliphatic rings. The number of aryl methyl sites for hydroxylation is 1. The van der Waals surface area contributed by atoms with Gasteiger partial charge in [0.1, 0.15) is 0 Å². The summed E-state index contributed by atoms with van der Waals surface area (Å²) in [6, 6.07) is 0. The first kappa shape index (κ1) is 24.8. The van der Waals surface area contributed by atoms with Crippen molar-refractivity contribution in [2.45, 2.75) is 47.5 Å². The van der Waals surface area contributed by atoms with Gasteiger partial charge in [0.15, 0.2) is 0 Å². The van der Waals surface area contributed by atoms with Gasteiger partial charge < -0.3 is 14.4 Å². The molecule has 0 spiro atoms. The predicted octanol–water partition coefficient (Wildman–Crippen LogP) is 3.92. The first-order chi connectivity index (χ1) is 6.86. The summed E-state index contributed by atoms with van der Waals surface area (Å²) in [4.78, 5) is 8.19. The molecule has 2 nitrogen and oxygen atoms in total. The summed E-state index contributed by atoms with van der Waals surface area (Å²) < 4.78 is 0. The molecule has 0 bridgehead atoms. The average Bonchev–Trinajstić information content (AvgIpc) is 2.34. The Bertz CT molecular complexity index is 175. The van der Waals surface area contributed by atoms with Crippen LogP contribution in [0, 0.1) is 14.4 Å². The molecule has 3 heteroatoms. The van der Waals surface area contributed by atoms with Gasteiger partial charge in [0.25, 0.3) is 0 Å². The Morgan fingerprint density at radius 2 is 1.44 bits per heavy atom. The van der Waals surface area contributed by atoms with Crippen LogP contribution >= 0.6 is 0 Å². The van der Waals surface area contributed by atoms with Crippen molar-refractivity contribution in [3.8, 4) is 0 Å². The molecule has 0 saturated heterocycles. The molecule has 0 N–H and O–H groups in total. The largest absolute Gasteiger partial charge is 2.00 e. The molecule has 0 atom stereocenters. The van der Waals surface area contributed by atoms with Crippen LogP contribution in [0.25, 0.3) is 0 Å². The average molecular weight is 394 g/mol. The molecule has 0 aromatic carbocycles. The number of aromatic nitrogens is 2. The summed E-state index contributed by atoms with van der Waals surface area (Å²) in [5.74, 6) is 0.817. The minimum atomic E-state index is 0. The summed E-state index contributed by atoms with van der Waals surface area (Å²) >= 11 is 0. The number of hydrogen-bond donors (Lipinski definition) is 0. The molecule has 0 saturated carbocycles. The van der Waals surface area contributed by atoms with E-state index in [9.17, 15) is 0 Å². The SMILES string of the molecule is CC.CC.[CH2-]Cc1ncc(CC)cn1.[CH3-].[W+2]. The van der Waals surface area contributed by atoms with Gasteiger partial charge in [-0.05, 0) is 12.0 Å². The fourth-order valence-electron chi connectivity index (χ4n) is 0.693. The number of nitrogens with zero attached hydrogens (tertiary/aromatic N) is 2. The van der Waals surface area contributed by atoms with Gasteiger partial charge in [-0.1, -0.05) is 34.6 Å². The third-order valence-corrected chi connectivity index (χ3v) is 1.39. The second-order valence-corrected chi connectivity index (χ2v) is 2.11. The zero-order valence-corrected chi connectivity index (χ0v) is 14.5. The Hall–Kier alpha value is -0.232. The smallest absolute Gasteiger partial charge is 0.358 e. The molecule has 0 aliphatic carbocycles. The van der Waals surface area contributed by atoms with E-state index in [-0.39, 0.29) is 28.5 Å². The van der Waals surface area contributed by atoms with Gasteiger partial charge in [-0.25, -0.2) is 9.97 Å². The molecule has 16 heavy (non-hydrogen) atoms. The molecular formula is C13H26N2W. The summed E-state index contributed by atoms with van der Waals surface area (Å²) in [6.45, 7) is 13.8. The van der Waals surface area contributed by atoms with Gasteiger partial charge in [-0.2, -0.15) is 0 Å². The second-order valence-electron chi connectivity index (χ2n) is 2.11. The van der Waals surface area contributed by atoms with E-state index in [1.54, 1.807) is 0 Å². The van der Waals surface area contributed by atoms with Gasteiger partial charge in [0.05, 0.1) is 5.82 Å². The van der Waals surface area contributed by atoms with Crippen LogP contribution in [0.3, 0.4) is 0 Å². The van der Waals surface area contributed by atoms with E-state index in [2.05, 4.69) is 23.8 Å². The maximum Gasteiger partial charge on any atom is 2.00 e. The van der Waals surface area contributed by atoms with Crippen LogP contribution < -0.4 is 0 Å². The van der Waals surface area contributed by atoms with Gasteiger partial charge in [-0.3, -0.25) is 0 Å². The zero-order valence-electron chi connectivity index (χ0n) is 11.6. The van der Waals surface area contributed by atoms with E-state index >= 15 is 0 Å². The van der Waals surface area contributed by atoms with Crippen molar-refractivity contribution in [2.75, 3.05) is 0 Å². The van der Waals surface area contributed by atoms with E-state index in [1.165, 1.54) is 5.56 Å². The molecule has 0 radical (unpaired) electrons. The Morgan fingerprint density at radius 3 is 1.69 bits per heavy atom. The molecule has 0 amide bonds. The Labute approximate surface area is 117 Å². The van der Waals surface area contributed by atoms with E-state index in [0.717, 1.165) is 12.2 Å². The standard InChI is InChI=1S/C8H11N2.2C2H6.CH3.W/c1-3-7-5-9-8(4-2)10-6-7;2*1-2;;/h5-6H,2-4H2,1H3;2*1-2H3;1H3;/q-1;;;-1;+2. The molecule has 0 aliphatic heterocycles. The van der Waals surface area contributed by atoms with Crippen molar-refractivity contribution in [3.05, 3.63) is 38.1 Å². The van der Waals surface area contributed by atoms with E-state index in [0.29, 0.717) is 6.42 Å².